The molecule has 0 saturated heterocycles. The first-order valence-corrected chi connectivity index (χ1v) is 13.5. The van der Waals surface area contributed by atoms with Crippen LogP contribution in [0.2, 0.25) is 0 Å². The van der Waals surface area contributed by atoms with Crippen LogP contribution in [0.5, 0.6) is 0 Å². The second kappa shape index (κ2) is 9.97. The molecule has 0 amide bonds. The maximum absolute atomic E-state index is 6.34. The molecule has 40 heavy (non-hydrogen) atoms. The molecule has 0 spiro atoms. The summed E-state index contributed by atoms with van der Waals surface area (Å²) in [5.41, 5.74) is 4.61. The average molecular weight is 525 g/mol. The molecule has 4 nitrogen and oxygen atoms in total. The third-order valence-electron chi connectivity index (χ3n) is 7.37. The summed E-state index contributed by atoms with van der Waals surface area (Å²) in [5.74, 6) is 5.84. The molecule has 1 aliphatic rings. The van der Waals surface area contributed by atoms with Crippen LogP contribution in [0.15, 0.2) is 115 Å². The van der Waals surface area contributed by atoms with Gasteiger partial charge in [-0.15, -0.1) is 0 Å². The summed E-state index contributed by atoms with van der Waals surface area (Å²) >= 11 is 0. The Morgan fingerprint density at radius 1 is 0.350 bits per heavy atom. The number of aryl methyl sites for hydroxylation is 2. The second-order valence-electron chi connectivity index (χ2n) is 10.3. The molecule has 8 bridgehead atoms. The summed E-state index contributed by atoms with van der Waals surface area (Å²) < 4.78 is 25.4. The topological polar surface area (TPSA) is 52.6 Å². The van der Waals surface area contributed by atoms with Crippen molar-refractivity contribution >= 4 is 24.3 Å². The molecule has 0 atom stereocenters. The van der Waals surface area contributed by atoms with E-state index in [1.165, 1.54) is 11.1 Å². The molecule has 0 saturated carbocycles. The van der Waals surface area contributed by atoms with Gasteiger partial charge in [0.05, 0.1) is 0 Å². The Bertz CT molecular complexity index is 1590. The van der Waals surface area contributed by atoms with Crippen LogP contribution in [0.1, 0.15) is 80.2 Å². The number of furan rings is 4. The molecular formula is C36H28O4. The number of fused-ring (bicyclic) bond motifs is 8. The van der Waals surface area contributed by atoms with Crippen molar-refractivity contribution in [2.24, 2.45) is 0 Å². The maximum atomic E-state index is 6.34. The van der Waals surface area contributed by atoms with Crippen molar-refractivity contribution in [1.29, 1.82) is 0 Å². The lowest BCUT2D eigenvalue weighted by Gasteiger charge is -2.13. The highest BCUT2D eigenvalue weighted by atomic mass is 16.4. The molecule has 4 heteroatoms. The second-order valence-corrected chi connectivity index (χ2v) is 10.3. The van der Waals surface area contributed by atoms with Crippen molar-refractivity contribution in [1.82, 2.24) is 0 Å². The van der Waals surface area contributed by atoms with Gasteiger partial charge in [0.15, 0.2) is 0 Å². The molecule has 0 unspecified atom stereocenters. The molecule has 0 fully saturated rings. The van der Waals surface area contributed by atoms with E-state index in [2.05, 4.69) is 62.4 Å². The molecule has 7 rings (SSSR count). The first kappa shape index (κ1) is 24.1. The van der Waals surface area contributed by atoms with Crippen molar-refractivity contribution < 1.29 is 17.7 Å². The Morgan fingerprint density at radius 3 is 0.900 bits per heavy atom. The van der Waals surface area contributed by atoms with Gasteiger partial charge in [0, 0.05) is 0 Å². The molecule has 0 aliphatic carbocycles. The summed E-state index contributed by atoms with van der Waals surface area (Å²) in [7, 11) is 0. The Kier molecular flexibility index (Phi) is 6.01. The van der Waals surface area contributed by atoms with Crippen LogP contribution < -0.4 is 0 Å². The van der Waals surface area contributed by atoms with Gasteiger partial charge in [-0.2, -0.15) is 0 Å². The monoisotopic (exact) mass is 524 g/mol. The van der Waals surface area contributed by atoms with Gasteiger partial charge in [-0.05, 0) is 97.8 Å². The van der Waals surface area contributed by atoms with Crippen molar-refractivity contribution in [3.63, 3.8) is 0 Å². The van der Waals surface area contributed by atoms with Gasteiger partial charge < -0.3 is 17.7 Å². The summed E-state index contributed by atoms with van der Waals surface area (Å²) in [6, 6.07) is 32.9. The molecule has 4 aromatic heterocycles. The Balaban J connectivity index is 1.35. The Morgan fingerprint density at radius 2 is 0.625 bits per heavy atom. The quantitative estimate of drug-likeness (QED) is 0.226. The van der Waals surface area contributed by atoms with E-state index in [-0.39, 0.29) is 11.8 Å². The number of hydrogen-bond donors (Lipinski definition) is 0. The molecule has 5 heterocycles. The highest BCUT2D eigenvalue weighted by Crippen LogP contribution is 2.37. The fraction of sp³-hybridized carbons (Fsp3) is 0.111. The summed E-state index contributed by atoms with van der Waals surface area (Å²) in [6.45, 7) is 4.17. The minimum Gasteiger partial charge on any atom is -0.461 e. The molecule has 0 radical (unpaired) electrons. The first-order chi connectivity index (χ1) is 19.6. The van der Waals surface area contributed by atoms with Gasteiger partial charge in [-0.3, -0.25) is 0 Å². The predicted molar refractivity (Wildman–Crippen MR) is 157 cm³/mol. The molecule has 1 aliphatic heterocycles. The summed E-state index contributed by atoms with van der Waals surface area (Å²) in [4.78, 5) is 0. The minimum atomic E-state index is -0.176. The van der Waals surface area contributed by atoms with E-state index < -0.39 is 0 Å². The third-order valence-corrected chi connectivity index (χ3v) is 7.37. The van der Waals surface area contributed by atoms with E-state index in [9.17, 15) is 0 Å². The van der Waals surface area contributed by atoms with Gasteiger partial charge >= 0.3 is 0 Å². The van der Waals surface area contributed by atoms with Crippen LogP contribution in [0, 0.1) is 13.8 Å². The minimum absolute atomic E-state index is 0.176. The van der Waals surface area contributed by atoms with Crippen LogP contribution in [-0.2, 0) is 0 Å². The zero-order valence-electron chi connectivity index (χ0n) is 22.3. The number of hydrogen-bond acceptors (Lipinski definition) is 4. The number of rotatable bonds is 2. The summed E-state index contributed by atoms with van der Waals surface area (Å²) in [5, 5.41) is 0. The van der Waals surface area contributed by atoms with Crippen LogP contribution in [0.25, 0.3) is 24.3 Å². The summed E-state index contributed by atoms with van der Waals surface area (Å²) in [6.07, 6.45) is 7.74. The predicted octanol–water partition coefficient (Wildman–Crippen LogP) is 9.69. The van der Waals surface area contributed by atoms with Gasteiger partial charge in [0.1, 0.15) is 57.9 Å². The van der Waals surface area contributed by atoms with E-state index in [1.807, 2.05) is 72.8 Å². The van der Waals surface area contributed by atoms with E-state index in [0.29, 0.717) is 0 Å². The maximum Gasteiger partial charge on any atom is 0.127 e. The van der Waals surface area contributed by atoms with Crippen LogP contribution in [0.4, 0.5) is 0 Å². The first-order valence-electron chi connectivity index (χ1n) is 13.5. The smallest absolute Gasteiger partial charge is 0.127 e. The largest absolute Gasteiger partial charge is 0.461 e. The normalized spacial score (nSPS) is 18.1. The van der Waals surface area contributed by atoms with E-state index >= 15 is 0 Å². The lowest BCUT2D eigenvalue weighted by Crippen LogP contribution is -2.01. The van der Waals surface area contributed by atoms with Gasteiger partial charge in [0.2, 0.25) is 0 Å². The Hall–Kier alpha value is -4.96. The van der Waals surface area contributed by atoms with E-state index in [0.717, 1.165) is 57.2 Å². The van der Waals surface area contributed by atoms with Crippen LogP contribution in [-0.4, -0.2) is 0 Å². The van der Waals surface area contributed by atoms with Gasteiger partial charge in [0.25, 0.3) is 0 Å². The van der Waals surface area contributed by atoms with Crippen molar-refractivity contribution in [3.05, 3.63) is 165 Å². The van der Waals surface area contributed by atoms with E-state index in [1.54, 1.807) is 0 Å². The third kappa shape index (κ3) is 4.69. The standard InChI is InChI=1S/C36H28O4/c1-23-3-7-25(8-4-23)35-31-19-15-27(37-31)11-13-29-17-21-33(39-29)36(26-9-5-24(2)6-10-26)34-22-18-30(40-34)14-12-28-16-20-32(35)38-28/h3-22,35-36H,1-2H3/b13-11+,14-12+. The molecular weight excluding hydrogens is 496 g/mol. The lowest BCUT2D eigenvalue weighted by atomic mass is 9.93. The average Bonchev–Trinajstić information content (AvgIpc) is 3.77. The van der Waals surface area contributed by atoms with Crippen molar-refractivity contribution in [3.8, 4) is 0 Å². The molecule has 6 aromatic rings. The SMILES string of the molecule is Cc1ccc(C2c3ccc(o3)/C=C/c3ccc(o3)C(c3ccc(C)cc3)c3ccc(o3)/C=C/c3ccc2o3)cc1. The van der Waals surface area contributed by atoms with Crippen molar-refractivity contribution in [2.45, 2.75) is 25.7 Å². The van der Waals surface area contributed by atoms with Crippen molar-refractivity contribution in [2.75, 3.05) is 0 Å². The highest BCUT2D eigenvalue weighted by molar-refractivity contribution is 5.66. The zero-order chi connectivity index (χ0) is 27.1. The molecule has 0 N–H and O–H groups in total. The Labute approximate surface area is 232 Å². The zero-order valence-corrected chi connectivity index (χ0v) is 22.3. The van der Waals surface area contributed by atoms with Gasteiger partial charge in [-0.25, -0.2) is 0 Å². The molecule has 2 aromatic carbocycles. The van der Waals surface area contributed by atoms with Crippen LogP contribution in [0.3, 0.4) is 0 Å². The molecule has 196 valence electrons. The fourth-order valence-electron chi connectivity index (χ4n) is 5.24. The lowest BCUT2D eigenvalue weighted by molar-refractivity contribution is 0.439. The number of benzene rings is 2. The van der Waals surface area contributed by atoms with Gasteiger partial charge in [-0.1, -0.05) is 59.7 Å². The fourth-order valence-corrected chi connectivity index (χ4v) is 5.24. The highest BCUT2D eigenvalue weighted by Gasteiger charge is 2.25. The van der Waals surface area contributed by atoms with E-state index in [4.69, 9.17) is 17.7 Å². The van der Waals surface area contributed by atoms with Crippen LogP contribution >= 0.6 is 0 Å².